The van der Waals surface area contributed by atoms with Gasteiger partial charge in [-0.2, -0.15) is 0 Å². The van der Waals surface area contributed by atoms with Crippen molar-refractivity contribution in [2.24, 2.45) is 5.92 Å². The molecule has 0 bridgehead atoms. The first-order valence-electron chi connectivity index (χ1n) is 8.12. The Bertz CT molecular complexity index is 642. The number of hydrogen-bond donors (Lipinski definition) is 3. The molecule has 3 nitrogen and oxygen atoms in total. The van der Waals surface area contributed by atoms with Crippen molar-refractivity contribution in [1.29, 1.82) is 0 Å². The van der Waals surface area contributed by atoms with Crippen molar-refractivity contribution in [2.75, 3.05) is 0 Å². The molecule has 0 aromatic heterocycles. The fourth-order valence-electron chi connectivity index (χ4n) is 4.67. The van der Waals surface area contributed by atoms with Crippen LogP contribution in [0.2, 0.25) is 0 Å². The molecule has 1 aromatic rings. The minimum atomic E-state index is -1.29. The van der Waals surface area contributed by atoms with Gasteiger partial charge in [-0.3, -0.25) is 0 Å². The van der Waals surface area contributed by atoms with Crippen LogP contribution in [0.4, 0.5) is 0 Å². The molecule has 1 aromatic carbocycles. The fourth-order valence-corrected chi connectivity index (χ4v) is 4.67. The van der Waals surface area contributed by atoms with Gasteiger partial charge < -0.3 is 15.3 Å². The van der Waals surface area contributed by atoms with Crippen LogP contribution in [0.25, 0.3) is 0 Å². The molecule has 0 spiro atoms. The quantitative estimate of drug-likeness (QED) is 0.698. The molecule has 0 saturated heterocycles. The molecular weight excluding hydrogens is 276 g/mol. The lowest BCUT2D eigenvalue weighted by atomic mass is 9.52. The lowest BCUT2D eigenvalue weighted by Crippen LogP contribution is -2.57. The summed E-state index contributed by atoms with van der Waals surface area (Å²) in [5, 5.41) is 31.0. The molecule has 2 unspecified atom stereocenters. The van der Waals surface area contributed by atoms with E-state index < -0.39 is 11.7 Å². The first-order valence-corrected chi connectivity index (χ1v) is 8.12. The van der Waals surface area contributed by atoms with E-state index in [1.807, 2.05) is 12.1 Å². The van der Waals surface area contributed by atoms with Crippen molar-refractivity contribution in [3.8, 4) is 17.6 Å². The number of fused-ring (bicyclic) bond motifs is 3. The minimum absolute atomic E-state index is 0.123. The Labute approximate surface area is 132 Å². The summed E-state index contributed by atoms with van der Waals surface area (Å²) in [5.41, 5.74) is 1.00. The summed E-state index contributed by atoms with van der Waals surface area (Å²) in [5.74, 6) is 6.21. The van der Waals surface area contributed by atoms with Crippen molar-refractivity contribution in [1.82, 2.24) is 0 Å². The van der Waals surface area contributed by atoms with Crippen LogP contribution in [0.15, 0.2) is 18.2 Å². The zero-order chi connectivity index (χ0) is 16.0. The highest BCUT2D eigenvalue weighted by Gasteiger charge is 2.54. The van der Waals surface area contributed by atoms with E-state index in [0.29, 0.717) is 24.5 Å². The Kier molecular flexibility index (Phi) is 3.71. The monoisotopic (exact) mass is 300 g/mol. The van der Waals surface area contributed by atoms with Crippen molar-refractivity contribution in [3.05, 3.63) is 29.3 Å². The Morgan fingerprint density at radius 1 is 1.32 bits per heavy atom. The predicted octanol–water partition coefficient (Wildman–Crippen LogP) is 2.51. The summed E-state index contributed by atoms with van der Waals surface area (Å²) < 4.78 is 0. The Morgan fingerprint density at radius 2 is 2.09 bits per heavy atom. The van der Waals surface area contributed by atoms with Crippen LogP contribution in [0.3, 0.4) is 0 Å². The first-order chi connectivity index (χ1) is 10.4. The summed E-state index contributed by atoms with van der Waals surface area (Å²) in [6, 6.07) is 5.59. The first kappa shape index (κ1) is 15.4. The van der Waals surface area contributed by atoms with Crippen molar-refractivity contribution >= 4 is 0 Å². The topological polar surface area (TPSA) is 60.7 Å². The smallest absolute Gasteiger partial charge is 0.151 e. The number of aromatic hydroxyl groups is 1. The van der Waals surface area contributed by atoms with Gasteiger partial charge in [0.15, 0.2) is 5.60 Å². The van der Waals surface area contributed by atoms with E-state index in [4.69, 9.17) is 0 Å². The molecule has 22 heavy (non-hydrogen) atoms. The summed E-state index contributed by atoms with van der Waals surface area (Å²) in [6.45, 7) is 3.85. The number of phenolic OH excluding ortho intramolecular Hbond substituents is 1. The number of rotatable bonds is 1. The van der Waals surface area contributed by atoms with Gasteiger partial charge in [0.25, 0.3) is 0 Å². The highest BCUT2D eigenvalue weighted by molar-refractivity contribution is 5.44. The number of phenols is 1. The van der Waals surface area contributed by atoms with Gasteiger partial charge in [-0.1, -0.05) is 18.9 Å². The van der Waals surface area contributed by atoms with Gasteiger partial charge in [-0.25, -0.2) is 0 Å². The van der Waals surface area contributed by atoms with Gasteiger partial charge in [0.05, 0.1) is 6.10 Å². The number of aliphatic hydroxyl groups excluding tert-OH is 1. The van der Waals surface area contributed by atoms with Gasteiger partial charge in [0, 0.05) is 5.41 Å². The van der Waals surface area contributed by atoms with Crippen LogP contribution < -0.4 is 0 Å². The molecule has 3 rings (SSSR count). The number of aryl methyl sites for hydroxylation is 1. The van der Waals surface area contributed by atoms with E-state index in [9.17, 15) is 15.3 Å². The van der Waals surface area contributed by atoms with Gasteiger partial charge in [-0.15, -0.1) is 5.92 Å². The number of hydrogen-bond acceptors (Lipinski definition) is 3. The molecule has 0 aliphatic heterocycles. The molecular formula is C19H24O3. The maximum absolute atomic E-state index is 10.7. The maximum Gasteiger partial charge on any atom is 0.151 e. The van der Waals surface area contributed by atoms with Crippen molar-refractivity contribution in [2.45, 2.75) is 63.1 Å². The SMILES string of the molecule is CC#CC1(O)C[C@H]2CCc3cc(O)ccc3[C@]2(CC)CC1O. The molecule has 3 heteroatoms. The second kappa shape index (κ2) is 5.30. The number of benzene rings is 1. The fraction of sp³-hybridized carbons (Fsp3) is 0.579. The summed E-state index contributed by atoms with van der Waals surface area (Å²) >= 11 is 0. The molecule has 0 heterocycles. The van der Waals surface area contributed by atoms with Crippen LogP contribution in [0, 0.1) is 17.8 Å². The lowest BCUT2D eigenvalue weighted by molar-refractivity contribution is -0.106. The zero-order valence-corrected chi connectivity index (χ0v) is 13.3. The average molecular weight is 300 g/mol. The summed E-state index contributed by atoms with van der Waals surface area (Å²) in [4.78, 5) is 0. The standard InChI is InChI=1S/C19H24O3/c1-3-9-19(22)11-14-6-5-13-10-15(20)7-8-16(13)18(14,4-2)12-17(19)21/h7-8,10,14,17,20-22H,4-6,11-12H2,1-2H3/t14-,17?,18-,19?/m1/s1. The summed E-state index contributed by atoms with van der Waals surface area (Å²) in [7, 11) is 0. The molecule has 4 atom stereocenters. The molecule has 0 radical (unpaired) electrons. The van der Waals surface area contributed by atoms with Crippen LogP contribution in [0.5, 0.6) is 5.75 Å². The molecule has 3 N–H and O–H groups in total. The molecule has 1 fully saturated rings. The highest BCUT2D eigenvalue weighted by Crippen LogP contribution is 2.54. The maximum atomic E-state index is 10.7. The predicted molar refractivity (Wildman–Crippen MR) is 85.5 cm³/mol. The third-order valence-corrected chi connectivity index (χ3v) is 5.81. The van der Waals surface area contributed by atoms with Crippen LogP contribution in [-0.4, -0.2) is 27.0 Å². The zero-order valence-electron chi connectivity index (χ0n) is 13.3. The summed E-state index contributed by atoms with van der Waals surface area (Å²) in [6.07, 6.45) is 2.99. The van der Waals surface area contributed by atoms with Gasteiger partial charge in [0.1, 0.15) is 5.75 Å². The third kappa shape index (κ3) is 2.14. The Balaban J connectivity index is 2.07. The Morgan fingerprint density at radius 3 is 2.77 bits per heavy atom. The molecule has 118 valence electrons. The van der Waals surface area contributed by atoms with E-state index in [0.717, 1.165) is 19.3 Å². The number of aliphatic hydroxyl groups is 2. The average Bonchev–Trinajstić information content (AvgIpc) is 2.48. The normalized spacial score (nSPS) is 36.7. The minimum Gasteiger partial charge on any atom is -0.508 e. The van der Waals surface area contributed by atoms with Crippen molar-refractivity contribution < 1.29 is 15.3 Å². The largest absolute Gasteiger partial charge is 0.508 e. The van der Waals surface area contributed by atoms with Crippen LogP contribution >= 0.6 is 0 Å². The van der Waals surface area contributed by atoms with Gasteiger partial charge >= 0.3 is 0 Å². The second-order valence-electron chi connectivity index (χ2n) is 6.81. The van der Waals surface area contributed by atoms with Crippen molar-refractivity contribution in [3.63, 3.8) is 0 Å². The molecule has 1 saturated carbocycles. The van der Waals surface area contributed by atoms with E-state index >= 15 is 0 Å². The molecule has 0 amide bonds. The second-order valence-corrected chi connectivity index (χ2v) is 6.81. The van der Waals surface area contributed by atoms with Crippen LogP contribution in [-0.2, 0) is 11.8 Å². The van der Waals surface area contributed by atoms with E-state index in [2.05, 4.69) is 18.8 Å². The van der Waals surface area contributed by atoms with E-state index in [1.165, 1.54) is 11.1 Å². The Hall–Kier alpha value is -1.50. The van der Waals surface area contributed by atoms with E-state index in [-0.39, 0.29) is 5.41 Å². The lowest BCUT2D eigenvalue weighted by Gasteiger charge is -2.53. The third-order valence-electron chi connectivity index (χ3n) is 5.81. The van der Waals surface area contributed by atoms with Gasteiger partial charge in [-0.05, 0) is 68.2 Å². The van der Waals surface area contributed by atoms with E-state index in [1.54, 1.807) is 13.0 Å². The molecule has 2 aliphatic carbocycles. The van der Waals surface area contributed by atoms with Gasteiger partial charge in [0.2, 0.25) is 0 Å². The molecule has 2 aliphatic rings. The van der Waals surface area contributed by atoms with Crippen LogP contribution in [0.1, 0.15) is 50.7 Å². The highest BCUT2D eigenvalue weighted by atomic mass is 16.3.